The number of aliphatic carboxylic acids is 1. The Hall–Kier alpha value is -1.63. The summed E-state index contributed by atoms with van der Waals surface area (Å²) in [5, 5.41) is 9.83. The molecule has 0 saturated carbocycles. The zero-order chi connectivity index (χ0) is 16.2. The summed E-state index contributed by atoms with van der Waals surface area (Å²) in [6.07, 6.45) is 1.98. The van der Waals surface area contributed by atoms with E-state index in [1.54, 1.807) is 11.3 Å². The number of aromatic nitrogens is 1. The first kappa shape index (κ1) is 16.2. The fraction of sp³-hybridized carbons (Fsp3) is 0.0588. The van der Waals surface area contributed by atoms with E-state index in [0.717, 1.165) is 30.2 Å². The molecule has 0 fully saturated rings. The number of carbonyl (C=O) groups is 1. The number of nitrogens with zero attached hydrogens (tertiary/aromatic N) is 1. The van der Waals surface area contributed by atoms with Gasteiger partial charge in [0.1, 0.15) is 5.01 Å². The first-order valence-corrected chi connectivity index (χ1v) is 9.39. The highest BCUT2D eigenvalue weighted by Gasteiger charge is 2.11. The van der Waals surface area contributed by atoms with Crippen molar-refractivity contribution in [3.63, 3.8) is 0 Å². The van der Waals surface area contributed by atoms with Crippen LogP contribution in [0.1, 0.15) is 10.6 Å². The van der Waals surface area contributed by atoms with Gasteiger partial charge in [-0.15, -0.1) is 23.1 Å². The third-order valence-corrected chi connectivity index (χ3v) is 5.76. The van der Waals surface area contributed by atoms with Crippen molar-refractivity contribution in [3.05, 3.63) is 63.6 Å². The highest BCUT2D eigenvalue weighted by molar-refractivity contribution is 9.10. The Morgan fingerprint density at radius 1 is 1.22 bits per heavy atom. The Bertz CT molecular complexity index is 839. The molecule has 0 amide bonds. The van der Waals surface area contributed by atoms with Crippen LogP contribution >= 0.6 is 39.0 Å². The molecule has 3 nitrogen and oxygen atoms in total. The number of rotatable bonds is 5. The second kappa shape index (κ2) is 7.29. The van der Waals surface area contributed by atoms with Gasteiger partial charge >= 0.3 is 5.97 Å². The summed E-state index contributed by atoms with van der Waals surface area (Å²) in [6.45, 7) is 0. The number of carboxylic acids is 1. The fourth-order valence-electron chi connectivity index (χ4n) is 1.99. The number of carboxylic acid groups (broad SMARTS) is 1. The number of fused-ring (bicyclic) bond motifs is 1. The van der Waals surface area contributed by atoms with E-state index in [2.05, 4.69) is 20.9 Å². The largest absolute Gasteiger partial charge is 0.481 e. The molecule has 1 heterocycles. The van der Waals surface area contributed by atoms with Crippen molar-refractivity contribution in [1.29, 1.82) is 0 Å². The number of para-hydroxylation sites is 1. The minimum absolute atomic E-state index is 0.0122. The van der Waals surface area contributed by atoms with Gasteiger partial charge < -0.3 is 5.11 Å². The summed E-state index contributed by atoms with van der Waals surface area (Å²) in [5.74, 6) is -0.823. The molecule has 23 heavy (non-hydrogen) atoms. The van der Waals surface area contributed by atoms with Gasteiger partial charge in [-0.05, 0) is 35.9 Å². The molecule has 0 radical (unpaired) electrons. The molecule has 0 aliphatic rings. The molecule has 0 aliphatic carbocycles. The van der Waals surface area contributed by atoms with Crippen LogP contribution in [0.25, 0.3) is 21.2 Å². The summed E-state index contributed by atoms with van der Waals surface area (Å²) >= 11 is 6.29. The average Bonchev–Trinajstić information content (AvgIpc) is 2.97. The highest BCUT2D eigenvalue weighted by Crippen LogP contribution is 2.35. The van der Waals surface area contributed by atoms with E-state index in [1.165, 1.54) is 11.8 Å². The minimum atomic E-state index is -0.835. The van der Waals surface area contributed by atoms with Crippen molar-refractivity contribution in [2.75, 3.05) is 5.75 Å². The van der Waals surface area contributed by atoms with Gasteiger partial charge in [-0.2, -0.15) is 0 Å². The number of thioether (sulfide) groups is 1. The lowest BCUT2D eigenvalue weighted by molar-refractivity contribution is -0.133. The number of hydrogen-bond donors (Lipinski definition) is 1. The first-order valence-electron chi connectivity index (χ1n) is 6.79. The Morgan fingerprint density at radius 2 is 1.96 bits per heavy atom. The van der Waals surface area contributed by atoms with Crippen LogP contribution in [-0.4, -0.2) is 21.8 Å². The average molecular weight is 406 g/mol. The molecule has 1 N–H and O–H groups in total. The molecule has 1 aromatic heterocycles. The Labute approximate surface area is 150 Å². The lowest BCUT2D eigenvalue weighted by atomic mass is 10.2. The third kappa shape index (κ3) is 4.22. The molecule has 116 valence electrons. The Kier molecular flexibility index (Phi) is 5.15. The predicted molar refractivity (Wildman–Crippen MR) is 102 cm³/mol. The van der Waals surface area contributed by atoms with Crippen molar-refractivity contribution in [3.8, 4) is 0 Å². The summed E-state index contributed by atoms with van der Waals surface area (Å²) in [6, 6.07) is 15.8. The lowest BCUT2D eigenvalue weighted by Gasteiger charge is -2.03. The van der Waals surface area contributed by atoms with Crippen molar-refractivity contribution < 1.29 is 9.90 Å². The van der Waals surface area contributed by atoms with Crippen LogP contribution < -0.4 is 0 Å². The van der Waals surface area contributed by atoms with Gasteiger partial charge in [0.2, 0.25) is 0 Å². The lowest BCUT2D eigenvalue weighted by Crippen LogP contribution is -1.97. The molecule has 0 bridgehead atoms. The molecule has 0 spiro atoms. The Morgan fingerprint density at radius 3 is 2.65 bits per heavy atom. The van der Waals surface area contributed by atoms with E-state index < -0.39 is 5.97 Å². The minimum Gasteiger partial charge on any atom is -0.481 e. The highest BCUT2D eigenvalue weighted by atomic mass is 79.9. The van der Waals surface area contributed by atoms with Crippen LogP contribution in [0.4, 0.5) is 0 Å². The molecule has 2 aromatic carbocycles. The van der Waals surface area contributed by atoms with Crippen molar-refractivity contribution in [1.82, 2.24) is 4.98 Å². The maximum atomic E-state index is 10.9. The van der Waals surface area contributed by atoms with E-state index in [4.69, 9.17) is 5.11 Å². The van der Waals surface area contributed by atoms with Gasteiger partial charge in [-0.25, -0.2) is 4.98 Å². The maximum Gasteiger partial charge on any atom is 0.313 e. The van der Waals surface area contributed by atoms with Crippen LogP contribution in [0.2, 0.25) is 0 Å². The number of hydrogen-bond acceptors (Lipinski definition) is 4. The van der Waals surface area contributed by atoms with Crippen molar-refractivity contribution in [2.24, 2.45) is 0 Å². The molecule has 0 saturated heterocycles. The fourth-order valence-corrected chi connectivity index (χ4v) is 4.10. The SMILES string of the molecule is O=C(O)CS/C(=C\c1ccc(Br)cc1)c1nc2ccccc2s1. The molecular formula is C17H12BrNO2S2. The standard InChI is InChI=1S/C17H12BrNO2S2/c18-12-7-5-11(6-8-12)9-15(22-10-16(20)21)17-19-13-3-1-2-4-14(13)23-17/h1-9H,10H2,(H,20,21)/b15-9-. The quantitative estimate of drug-likeness (QED) is 0.619. The van der Waals surface area contributed by atoms with E-state index in [-0.39, 0.29) is 5.75 Å². The smallest absolute Gasteiger partial charge is 0.313 e. The normalized spacial score (nSPS) is 11.8. The van der Waals surface area contributed by atoms with Gasteiger partial charge in [0.25, 0.3) is 0 Å². The predicted octanol–water partition coefficient (Wildman–Crippen LogP) is 5.37. The molecule has 0 atom stereocenters. The maximum absolute atomic E-state index is 10.9. The molecule has 3 rings (SSSR count). The third-order valence-electron chi connectivity index (χ3n) is 3.02. The van der Waals surface area contributed by atoms with E-state index in [0.29, 0.717) is 0 Å². The zero-order valence-electron chi connectivity index (χ0n) is 11.9. The number of halogens is 1. The van der Waals surface area contributed by atoms with Gasteiger partial charge in [0.05, 0.1) is 16.0 Å². The number of thiazole rings is 1. The van der Waals surface area contributed by atoms with Gasteiger partial charge in [-0.1, -0.05) is 40.2 Å². The molecular weight excluding hydrogens is 394 g/mol. The van der Waals surface area contributed by atoms with E-state index >= 15 is 0 Å². The number of benzene rings is 2. The monoisotopic (exact) mass is 405 g/mol. The van der Waals surface area contributed by atoms with Crippen molar-refractivity contribution >= 4 is 66.2 Å². The van der Waals surface area contributed by atoms with Gasteiger partial charge in [0.15, 0.2) is 0 Å². The second-order valence-corrected chi connectivity index (χ2v) is 7.69. The summed E-state index contributed by atoms with van der Waals surface area (Å²) in [5.41, 5.74) is 1.95. The van der Waals surface area contributed by atoms with E-state index in [9.17, 15) is 4.79 Å². The molecule has 0 unspecified atom stereocenters. The molecule has 0 aliphatic heterocycles. The van der Waals surface area contributed by atoms with E-state index in [1.807, 2.05) is 54.6 Å². The van der Waals surface area contributed by atoms with Crippen LogP contribution in [0.15, 0.2) is 53.0 Å². The van der Waals surface area contributed by atoms with Crippen LogP contribution in [0, 0.1) is 0 Å². The summed E-state index contributed by atoms with van der Waals surface area (Å²) in [4.78, 5) is 16.4. The van der Waals surface area contributed by atoms with Crippen molar-refractivity contribution in [2.45, 2.75) is 0 Å². The van der Waals surface area contributed by atoms with Crippen LogP contribution in [-0.2, 0) is 4.79 Å². The Balaban J connectivity index is 2.00. The van der Waals surface area contributed by atoms with Crippen LogP contribution in [0.3, 0.4) is 0 Å². The first-order chi connectivity index (χ1) is 11.1. The topological polar surface area (TPSA) is 50.2 Å². The van der Waals surface area contributed by atoms with Gasteiger partial charge in [0, 0.05) is 9.38 Å². The second-order valence-electron chi connectivity index (χ2n) is 4.73. The summed E-state index contributed by atoms with van der Waals surface area (Å²) in [7, 11) is 0. The molecule has 6 heteroatoms. The van der Waals surface area contributed by atoms with Crippen LogP contribution in [0.5, 0.6) is 0 Å². The summed E-state index contributed by atoms with van der Waals surface area (Å²) < 4.78 is 2.11. The zero-order valence-corrected chi connectivity index (χ0v) is 15.1. The van der Waals surface area contributed by atoms with Gasteiger partial charge in [-0.3, -0.25) is 4.79 Å². The molecule has 3 aromatic rings.